The van der Waals surface area contributed by atoms with Crippen LogP contribution in [-0.4, -0.2) is 21.7 Å². The molecule has 13 heavy (non-hydrogen) atoms. The third kappa shape index (κ3) is 2.83. The number of H-pyrrole nitrogens is 1. The molecule has 1 fully saturated rings. The molecule has 0 radical (unpaired) electrons. The van der Waals surface area contributed by atoms with Crippen LogP contribution < -0.4 is 5.32 Å². The van der Waals surface area contributed by atoms with Gasteiger partial charge in [-0.15, -0.1) is 24.8 Å². The summed E-state index contributed by atoms with van der Waals surface area (Å²) in [6.45, 7) is 3.02. The van der Waals surface area contributed by atoms with Gasteiger partial charge >= 0.3 is 0 Å². The van der Waals surface area contributed by atoms with E-state index in [1.54, 1.807) is 0 Å². The van der Waals surface area contributed by atoms with Crippen molar-refractivity contribution in [2.45, 2.75) is 25.8 Å². The van der Waals surface area contributed by atoms with Crippen molar-refractivity contribution in [1.29, 1.82) is 0 Å². The third-order valence-corrected chi connectivity index (χ3v) is 1.99. The van der Waals surface area contributed by atoms with Gasteiger partial charge in [-0.3, -0.25) is 5.10 Å². The molecular weight excluding hydrogens is 211 g/mol. The Morgan fingerprint density at radius 2 is 2.15 bits per heavy atom. The fourth-order valence-corrected chi connectivity index (χ4v) is 1.42. The van der Waals surface area contributed by atoms with Crippen LogP contribution in [0.1, 0.15) is 30.5 Å². The van der Waals surface area contributed by atoms with Gasteiger partial charge in [0.05, 0.1) is 6.04 Å². The van der Waals surface area contributed by atoms with Gasteiger partial charge in [-0.1, -0.05) is 0 Å². The molecule has 1 aromatic rings. The quantitative estimate of drug-likeness (QED) is 0.759. The molecule has 0 unspecified atom stereocenters. The van der Waals surface area contributed by atoms with Gasteiger partial charge in [-0.2, -0.15) is 5.10 Å². The first-order valence-electron chi connectivity index (χ1n) is 3.98. The van der Waals surface area contributed by atoms with Gasteiger partial charge in [-0.25, -0.2) is 4.98 Å². The number of rotatable bonds is 1. The van der Waals surface area contributed by atoms with Crippen molar-refractivity contribution in [2.75, 3.05) is 6.54 Å². The van der Waals surface area contributed by atoms with Crippen LogP contribution in [0.2, 0.25) is 0 Å². The second-order valence-corrected chi connectivity index (χ2v) is 2.93. The molecule has 0 bridgehead atoms. The summed E-state index contributed by atoms with van der Waals surface area (Å²) in [7, 11) is 0. The maximum atomic E-state index is 4.26. The predicted octanol–water partition coefficient (Wildman–Crippen LogP) is 1.38. The second kappa shape index (κ2) is 5.42. The maximum Gasteiger partial charge on any atom is 0.167 e. The van der Waals surface area contributed by atoms with E-state index in [0.29, 0.717) is 6.04 Å². The highest BCUT2D eigenvalue weighted by molar-refractivity contribution is 5.85. The molecule has 0 aromatic carbocycles. The summed E-state index contributed by atoms with van der Waals surface area (Å²) < 4.78 is 0. The molecule has 1 aliphatic heterocycles. The molecule has 6 heteroatoms. The highest BCUT2D eigenvalue weighted by Crippen LogP contribution is 2.18. The summed E-state index contributed by atoms with van der Waals surface area (Å²) in [6.07, 6.45) is 2.40. The highest BCUT2D eigenvalue weighted by atomic mass is 35.5. The molecule has 2 heterocycles. The van der Waals surface area contributed by atoms with Crippen LogP contribution in [-0.2, 0) is 0 Å². The lowest BCUT2D eigenvalue weighted by Gasteiger charge is -2.02. The summed E-state index contributed by atoms with van der Waals surface area (Å²) >= 11 is 0. The fourth-order valence-electron chi connectivity index (χ4n) is 1.42. The molecule has 76 valence electrons. The Morgan fingerprint density at radius 3 is 2.62 bits per heavy atom. The average molecular weight is 225 g/mol. The normalized spacial score (nSPS) is 20.5. The van der Waals surface area contributed by atoms with Gasteiger partial charge in [-0.05, 0) is 26.3 Å². The second-order valence-electron chi connectivity index (χ2n) is 2.93. The Labute approximate surface area is 89.7 Å². The summed E-state index contributed by atoms with van der Waals surface area (Å²) in [6, 6.07) is 0.389. The van der Waals surface area contributed by atoms with Crippen molar-refractivity contribution in [3.63, 3.8) is 0 Å². The number of hydrogen-bond donors (Lipinski definition) is 2. The third-order valence-electron chi connectivity index (χ3n) is 1.99. The van der Waals surface area contributed by atoms with Gasteiger partial charge in [0.1, 0.15) is 5.82 Å². The molecule has 4 nitrogen and oxygen atoms in total. The first-order chi connectivity index (χ1) is 5.36. The Hall–Kier alpha value is -0.320. The minimum absolute atomic E-state index is 0. The molecule has 2 N–H and O–H groups in total. The largest absolute Gasteiger partial charge is 0.307 e. The minimum Gasteiger partial charge on any atom is -0.307 e. The van der Waals surface area contributed by atoms with Crippen LogP contribution in [0.3, 0.4) is 0 Å². The molecule has 1 saturated heterocycles. The smallest absolute Gasteiger partial charge is 0.167 e. The molecule has 1 atom stereocenters. The van der Waals surface area contributed by atoms with E-state index in [0.717, 1.165) is 24.6 Å². The van der Waals surface area contributed by atoms with Crippen molar-refractivity contribution in [3.05, 3.63) is 11.6 Å². The van der Waals surface area contributed by atoms with E-state index in [4.69, 9.17) is 0 Å². The number of nitrogens with zero attached hydrogens (tertiary/aromatic N) is 2. The van der Waals surface area contributed by atoms with E-state index in [9.17, 15) is 0 Å². The maximum absolute atomic E-state index is 4.26. The van der Waals surface area contributed by atoms with E-state index in [1.165, 1.54) is 6.42 Å². The van der Waals surface area contributed by atoms with Gasteiger partial charge in [0.25, 0.3) is 0 Å². The topological polar surface area (TPSA) is 53.6 Å². The van der Waals surface area contributed by atoms with Crippen LogP contribution in [0, 0.1) is 6.92 Å². The Balaban J connectivity index is 0.000000720. The van der Waals surface area contributed by atoms with Crippen LogP contribution >= 0.6 is 24.8 Å². The lowest BCUT2D eigenvalue weighted by atomic mass is 10.2. The first kappa shape index (κ1) is 12.7. The van der Waals surface area contributed by atoms with Gasteiger partial charge in [0.15, 0.2) is 5.82 Å². The summed E-state index contributed by atoms with van der Waals surface area (Å²) in [5, 5.41) is 10.3. The lowest BCUT2D eigenvalue weighted by molar-refractivity contribution is 0.607. The number of aromatic nitrogens is 3. The van der Waals surface area contributed by atoms with Crippen LogP contribution in [0.25, 0.3) is 0 Å². The van der Waals surface area contributed by atoms with E-state index in [2.05, 4.69) is 20.5 Å². The van der Waals surface area contributed by atoms with Crippen molar-refractivity contribution in [1.82, 2.24) is 20.5 Å². The Kier molecular flexibility index (Phi) is 5.29. The van der Waals surface area contributed by atoms with E-state index in [-0.39, 0.29) is 24.8 Å². The number of aromatic amines is 1. The molecule has 2 rings (SSSR count). The Bertz CT molecular complexity index is 244. The monoisotopic (exact) mass is 224 g/mol. The standard InChI is InChI=1S/C7H12N4.2ClH/c1-5-9-7(11-10-5)6-3-2-4-8-6;;/h6,8H,2-4H2,1H3,(H,9,10,11);2*1H/t6-;;/m0../s1. The summed E-state index contributed by atoms with van der Waals surface area (Å²) in [5.74, 6) is 1.81. The van der Waals surface area contributed by atoms with Gasteiger partial charge < -0.3 is 5.32 Å². The van der Waals surface area contributed by atoms with Crippen molar-refractivity contribution in [3.8, 4) is 0 Å². The van der Waals surface area contributed by atoms with E-state index in [1.807, 2.05) is 6.92 Å². The number of halogens is 2. The van der Waals surface area contributed by atoms with Gasteiger partial charge in [0.2, 0.25) is 0 Å². The van der Waals surface area contributed by atoms with E-state index >= 15 is 0 Å². The summed E-state index contributed by atoms with van der Waals surface area (Å²) in [5.41, 5.74) is 0. The minimum atomic E-state index is 0. The highest BCUT2D eigenvalue weighted by Gasteiger charge is 2.19. The summed E-state index contributed by atoms with van der Waals surface area (Å²) in [4.78, 5) is 4.26. The van der Waals surface area contributed by atoms with E-state index < -0.39 is 0 Å². The molecule has 0 saturated carbocycles. The molecule has 0 amide bonds. The molecule has 0 spiro atoms. The van der Waals surface area contributed by atoms with Crippen LogP contribution in [0.4, 0.5) is 0 Å². The average Bonchev–Trinajstić information content (AvgIpc) is 2.55. The van der Waals surface area contributed by atoms with Crippen LogP contribution in [0.15, 0.2) is 0 Å². The van der Waals surface area contributed by atoms with Crippen molar-refractivity contribution >= 4 is 24.8 Å². The molecule has 1 aliphatic rings. The molecular formula is C7H14Cl2N4. The van der Waals surface area contributed by atoms with Gasteiger partial charge in [0, 0.05) is 0 Å². The predicted molar refractivity (Wildman–Crippen MR) is 55.6 cm³/mol. The Morgan fingerprint density at radius 1 is 1.38 bits per heavy atom. The zero-order valence-corrected chi connectivity index (χ0v) is 9.04. The zero-order valence-electron chi connectivity index (χ0n) is 7.41. The lowest BCUT2D eigenvalue weighted by Crippen LogP contribution is -2.14. The number of nitrogens with one attached hydrogen (secondary N) is 2. The number of aryl methyl sites for hydroxylation is 1. The fraction of sp³-hybridized carbons (Fsp3) is 0.714. The zero-order chi connectivity index (χ0) is 7.68. The van der Waals surface area contributed by atoms with Crippen molar-refractivity contribution in [2.24, 2.45) is 0 Å². The first-order valence-corrected chi connectivity index (χ1v) is 3.98. The van der Waals surface area contributed by atoms with Crippen LogP contribution in [0.5, 0.6) is 0 Å². The molecule has 0 aliphatic carbocycles. The van der Waals surface area contributed by atoms with Crippen molar-refractivity contribution < 1.29 is 0 Å². The number of hydrogen-bond acceptors (Lipinski definition) is 3. The molecule has 1 aromatic heterocycles. The SMILES string of the molecule is Cc1nc([C@@H]2CCCN2)n[nH]1.Cl.Cl.